The summed E-state index contributed by atoms with van der Waals surface area (Å²) in [4.78, 5) is 7.96. The Hall–Kier alpha value is -0.220. The van der Waals surface area contributed by atoms with E-state index in [-0.39, 0.29) is 0 Å². The van der Waals surface area contributed by atoms with Crippen LogP contribution in [0.15, 0.2) is 4.47 Å². The van der Waals surface area contributed by atoms with Gasteiger partial charge >= 0.3 is 0 Å². The first kappa shape index (κ1) is 13.2. The summed E-state index contributed by atoms with van der Waals surface area (Å²) in [6.07, 6.45) is 6.18. The first-order chi connectivity index (χ1) is 8.08. The molecule has 0 aromatic carbocycles. The lowest BCUT2D eigenvalue weighted by atomic mass is 10.0. The van der Waals surface area contributed by atoms with Crippen molar-refractivity contribution in [2.75, 3.05) is 0 Å². The van der Waals surface area contributed by atoms with Crippen LogP contribution in [0.1, 0.15) is 57.0 Å². The van der Waals surface area contributed by atoms with Gasteiger partial charge in [-0.05, 0) is 34.7 Å². The summed E-state index contributed by atoms with van der Waals surface area (Å²) in [7, 11) is 0. The van der Waals surface area contributed by atoms with Crippen LogP contribution in [0.25, 0.3) is 0 Å². The second kappa shape index (κ2) is 5.61. The minimum absolute atomic E-state index is 0.603. The molecule has 1 fully saturated rings. The average molecular weight is 315 g/mol. The van der Waals surface area contributed by atoms with Gasteiger partial charge in [-0.1, -0.05) is 38.9 Å². The van der Waals surface area contributed by atoms with Gasteiger partial charge in [-0.3, -0.25) is 0 Å². The molecule has 17 heavy (non-hydrogen) atoms. The molecule has 0 unspecified atom stereocenters. The molecule has 1 heterocycles. The molecule has 4 heteroatoms. The largest absolute Gasteiger partial charge is 0.346 e. The van der Waals surface area contributed by atoms with E-state index in [1.807, 2.05) is 0 Å². The molecule has 1 N–H and O–H groups in total. The molecular weight excluding hydrogens is 296 g/mol. The van der Waals surface area contributed by atoms with Crippen LogP contribution in [-0.4, -0.2) is 9.97 Å². The molecule has 2 nitrogen and oxygen atoms in total. The molecule has 1 saturated carbocycles. The van der Waals surface area contributed by atoms with Crippen molar-refractivity contribution in [3.63, 3.8) is 0 Å². The maximum absolute atomic E-state index is 5.34. The highest BCUT2D eigenvalue weighted by Crippen LogP contribution is 2.36. The van der Waals surface area contributed by atoms with Crippen LogP contribution < -0.4 is 0 Å². The standard InChI is InChI=1S/C13H19BrN2S/c1-8(2)7-10-15-12(9-5-3-4-6-9)11(14)13(17)16-10/h8-9H,3-7H2,1-2H3,(H,15,16,17). The van der Waals surface area contributed by atoms with Gasteiger partial charge in [-0.2, -0.15) is 0 Å². The van der Waals surface area contributed by atoms with Crippen molar-refractivity contribution in [1.29, 1.82) is 0 Å². The smallest absolute Gasteiger partial charge is 0.144 e. The zero-order valence-corrected chi connectivity index (χ0v) is 12.8. The third-order valence-electron chi connectivity index (χ3n) is 3.30. The SMILES string of the molecule is CC(C)Cc1nc(=S)c(Br)c(C2CCCC2)[nH]1. The normalized spacial score (nSPS) is 16.9. The summed E-state index contributed by atoms with van der Waals surface area (Å²) in [5, 5.41) is 0. The summed E-state index contributed by atoms with van der Waals surface area (Å²) in [6, 6.07) is 0. The Balaban J connectivity index is 2.35. The van der Waals surface area contributed by atoms with Gasteiger partial charge in [0.05, 0.1) is 4.47 Å². The minimum atomic E-state index is 0.603. The lowest BCUT2D eigenvalue weighted by molar-refractivity contribution is 0.604. The van der Waals surface area contributed by atoms with Gasteiger partial charge < -0.3 is 4.98 Å². The molecule has 0 atom stereocenters. The fraction of sp³-hybridized carbons (Fsp3) is 0.692. The molecule has 0 radical (unpaired) electrons. The lowest BCUT2D eigenvalue weighted by Gasteiger charge is -2.14. The topological polar surface area (TPSA) is 28.7 Å². The van der Waals surface area contributed by atoms with Crippen LogP contribution >= 0.6 is 28.1 Å². The molecule has 1 aliphatic rings. The maximum Gasteiger partial charge on any atom is 0.144 e. The molecule has 0 bridgehead atoms. The van der Waals surface area contributed by atoms with E-state index in [9.17, 15) is 0 Å². The van der Waals surface area contributed by atoms with Crippen molar-refractivity contribution < 1.29 is 0 Å². The van der Waals surface area contributed by atoms with Gasteiger partial charge in [0.1, 0.15) is 10.5 Å². The fourth-order valence-corrected chi connectivity index (χ4v) is 3.24. The monoisotopic (exact) mass is 314 g/mol. The Morgan fingerprint density at radius 1 is 1.41 bits per heavy atom. The molecular formula is C13H19BrN2S. The van der Waals surface area contributed by atoms with Gasteiger partial charge in [0.15, 0.2) is 0 Å². The van der Waals surface area contributed by atoms with E-state index < -0.39 is 0 Å². The van der Waals surface area contributed by atoms with Crippen molar-refractivity contribution in [3.05, 3.63) is 20.6 Å². The number of halogens is 1. The van der Waals surface area contributed by atoms with E-state index in [1.165, 1.54) is 31.4 Å². The highest BCUT2D eigenvalue weighted by Gasteiger charge is 2.21. The van der Waals surface area contributed by atoms with E-state index in [1.54, 1.807) is 0 Å². The summed E-state index contributed by atoms with van der Waals surface area (Å²) in [6.45, 7) is 4.41. The molecule has 1 aromatic heterocycles. The van der Waals surface area contributed by atoms with E-state index in [0.29, 0.717) is 16.5 Å². The number of rotatable bonds is 3. The predicted octanol–water partition coefficient (Wildman–Crippen LogP) is 4.76. The van der Waals surface area contributed by atoms with E-state index in [4.69, 9.17) is 12.2 Å². The van der Waals surface area contributed by atoms with Gasteiger partial charge in [0.25, 0.3) is 0 Å². The quantitative estimate of drug-likeness (QED) is 0.815. The number of H-pyrrole nitrogens is 1. The molecule has 2 rings (SSSR count). The highest BCUT2D eigenvalue weighted by atomic mass is 79.9. The van der Waals surface area contributed by atoms with E-state index >= 15 is 0 Å². The number of aromatic amines is 1. The number of hydrogen-bond acceptors (Lipinski definition) is 2. The van der Waals surface area contributed by atoms with E-state index in [2.05, 4.69) is 39.7 Å². The Kier molecular flexibility index (Phi) is 4.36. The van der Waals surface area contributed by atoms with Crippen molar-refractivity contribution in [1.82, 2.24) is 9.97 Å². The van der Waals surface area contributed by atoms with Crippen LogP contribution in [0.3, 0.4) is 0 Å². The average Bonchev–Trinajstić information content (AvgIpc) is 2.75. The molecule has 1 aromatic rings. The maximum atomic E-state index is 5.34. The molecule has 0 aliphatic heterocycles. The number of hydrogen-bond donors (Lipinski definition) is 1. The summed E-state index contributed by atoms with van der Waals surface area (Å²) >= 11 is 8.93. The molecule has 1 aliphatic carbocycles. The van der Waals surface area contributed by atoms with Crippen molar-refractivity contribution >= 4 is 28.1 Å². The van der Waals surface area contributed by atoms with Crippen LogP contribution in [0.2, 0.25) is 0 Å². The lowest BCUT2D eigenvalue weighted by Crippen LogP contribution is -2.07. The summed E-state index contributed by atoms with van der Waals surface area (Å²) < 4.78 is 1.72. The first-order valence-electron chi connectivity index (χ1n) is 6.36. The number of aromatic nitrogens is 2. The van der Waals surface area contributed by atoms with Gasteiger partial charge in [-0.25, -0.2) is 4.98 Å². The van der Waals surface area contributed by atoms with Gasteiger partial charge in [0.2, 0.25) is 0 Å². The third-order valence-corrected chi connectivity index (χ3v) is 4.67. The number of nitrogens with zero attached hydrogens (tertiary/aromatic N) is 1. The Morgan fingerprint density at radius 3 is 2.65 bits per heavy atom. The van der Waals surface area contributed by atoms with Crippen molar-refractivity contribution in [2.24, 2.45) is 5.92 Å². The molecule has 94 valence electrons. The van der Waals surface area contributed by atoms with E-state index in [0.717, 1.165) is 16.7 Å². The van der Waals surface area contributed by atoms with Crippen LogP contribution in [0.4, 0.5) is 0 Å². The van der Waals surface area contributed by atoms with Crippen LogP contribution in [-0.2, 0) is 6.42 Å². The van der Waals surface area contributed by atoms with Crippen molar-refractivity contribution in [3.8, 4) is 0 Å². The fourth-order valence-electron chi connectivity index (χ4n) is 2.50. The summed E-state index contributed by atoms with van der Waals surface area (Å²) in [5.41, 5.74) is 1.28. The zero-order chi connectivity index (χ0) is 12.4. The molecule has 0 spiro atoms. The van der Waals surface area contributed by atoms with Crippen LogP contribution in [0, 0.1) is 10.6 Å². The second-order valence-electron chi connectivity index (χ2n) is 5.30. The second-order valence-corrected chi connectivity index (χ2v) is 6.48. The van der Waals surface area contributed by atoms with Crippen LogP contribution in [0.5, 0.6) is 0 Å². The van der Waals surface area contributed by atoms with Crippen molar-refractivity contribution in [2.45, 2.75) is 51.9 Å². The Labute approximate surface area is 116 Å². The Bertz CT molecular complexity index is 447. The Morgan fingerprint density at radius 2 is 2.06 bits per heavy atom. The molecule has 0 saturated heterocycles. The van der Waals surface area contributed by atoms with Gasteiger partial charge in [0, 0.05) is 18.0 Å². The molecule has 0 amide bonds. The van der Waals surface area contributed by atoms with Gasteiger partial charge in [-0.15, -0.1) is 0 Å². The first-order valence-corrected chi connectivity index (χ1v) is 7.56. The number of nitrogens with one attached hydrogen (secondary N) is 1. The summed E-state index contributed by atoms with van der Waals surface area (Å²) in [5.74, 6) is 2.28. The highest BCUT2D eigenvalue weighted by molar-refractivity contribution is 9.10. The predicted molar refractivity (Wildman–Crippen MR) is 76.9 cm³/mol. The third kappa shape index (κ3) is 3.16. The minimum Gasteiger partial charge on any atom is -0.346 e. The zero-order valence-electron chi connectivity index (χ0n) is 10.4.